The number of amides is 2. The molecule has 2 amide bonds. The molecule has 0 radical (unpaired) electrons. The Morgan fingerprint density at radius 2 is 1.51 bits per heavy atom. The second-order valence-electron chi connectivity index (χ2n) is 11.1. The van der Waals surface area contributed by atoms with Crippen LogP contribution in [0.15, 0.2) is 72.8 Å². The monoisotopic (exact) mass is 547 g/mol. The molecule has 0 saturated carbocycles. The molecule has 1 unspecified atom stereocenters. The smallest absolute Gasteiger partial charge is 0.407 e. The van der Waals surface area contributed by atoms with Crippen LogP contribution in [0, 0.1) is 0 Å². The number of likely N-dealkylation sites (tertiary alicyclic amines) is 1. The van der Waals surface area contributed by atoms with Crippen molar-refractivity contribution in [2.24, 2.45) is 0 Å². The van der Waals surface area contributed by atoms with Crippen molar-refractivity contribution in [2.75, 3.05) is 19.6 Å². The van der Waals surface area contributed by atoms with E-state index in [2.05, 4.69) is 39.8 Å². The van der Waals surface area contributed by atoms with Crippen LogP contribution in [0.3, 0.4) is 0 Å². The second-order valence-corrected chi connectivity index (χ2v) is 11.5. The van der Waals surface area contributed by atoms with Crippen LogP contribution in [0.4, 0.5) is 4.79 Å². The van der Waals surface area contributed by atoms with Crippen LogP contribution < -0.4 is 10.6 Å². The van der Waals surface area contributed by atoms with E-state index in [0.717, 1.165) is 43.5 Å². The van der Waals surface area contributed by atoms with Crippen LogP contribution in [0.1, 0.15) is 55.1 Å². The standard InChI is InChI=1S/C32H38ClN3O3/c1-32(2,3)39-31(38)35-21-29-5-4-20-36(29)22-24-8-6-23(7-9-24)18-19-34-30(37)27-12-10-25(11-13-27)26-14-16-28(33)17-15-26/h6-17,29H,4-5,18-22H2,1-3H3,(H,34,37)(H,35,38). The van der Waals surface area contributed by atoms with Crippen LogP contribution in [-0.4, -0.2) is 48.2 Å². The van der Waals surface area contributed by atoms with Gasteiger partial charge >= 0.3 is 6.09 Å². The Bertz CT molecular complexity index is 1240. The summed E-state index contributed by atoms with van der Waals surface area (Å²) >= 11 is 5.97. The van der Waals surface area contributed by atoms with Crippen LogP contribution in [-0.2, 0) is 17.7 Å². The number of nitrogens with zero attached hydrogens (tertiary/aromatic N) is 1. The Balaban J connectivity index is 1.20. The van der Waals surface area contributed by atoms with Gasteiger partial charge in [-0.25, -0.2) is 4.79 Å². The van der Waals surface area contributed by atoms with Crippen molar-refractivity contribution < 1.29 is 14.3 Å². The van der Waals surface area contributed by atoms with E-state index in [0.29, 0.717) is 29.7 Å². The number of hydrogen-bond acceptors (Lipinski definition) is 4. The molecule has 3 aromatic carbocycles. The van der Waals surface area contributed by atoms with Gasteiger partial charge in [0, 0.05) is 36.3 Å². The third-order valence-corrected chi connectivity index (χ3v) is 7.06. The lowest BCUT2D eigenvalue weighted by Crippen LogP contribution is -2.41. The van der Waals surface area contributed by atoms with Gasteiger partial charge < -0.3 is 15.4 Å². The normalized spacial score (nSPS) is 15.6. The molecule has 4 rings (SSSR count). The Kier molecular flexibility index (Phi) is 9.65. The van der Waals surface area contributed by atoms with Crippen LogP contribution >= 0.6 is 11.6 Å². The lowest BCUT2D eigenvalue weighted by molar-refractivity contribution is 0.0512. The maximum atomic E-state index is 12.6. The highest BCUT2D eigenvalue weighted by Gasteiger charge is 2.26. The molecule has 1 atom stereocenters. The minimum absolute atomic E-state index is 0.0747. The zero-order valence-electron chi connectivity index (χ0n) is 23.0. The van der Waals surface area contributed by atoms with Gasteiger partial charge in [-0.05, 0) is 93.1 Å². The zero-order chi connectivity index (χ0) is 27.8. The van der Waals surface area contributed by atoms with Gasteiger partial charge in [0.1, 0.15) is 5.60 Å². The van der Waals surface area contributed by atoms with E-state index in [1.54, 1.807) is 0 Å². The van der Waals surface area contributed by atoms with Gasteiger partial charge in [0.2, 0.25) is 0 Å². The minimum Gasteiger partial charge on any atom is -0.444 e. The number of benzene rings is 3. The van der Waals surface area contributed by atoms with E-state index in [-0.39, 0.29) is 12.0 Å². The fraction of sp³-hybridized carbons (Fsp3) is 0.375. The molecular formula is C32H38ClN3O3. The number of carbonyl (C=O) groups excluding carboxylic acids is 2. The van der Waals surface area contributed by atoms with Crippen LogP contribution in [0.25, 0.3) is 11.1 Å². The highest BCUT2D eigenvalue weighted by atomic mass is 35.5. The van der Waals surface area contributed by atoms with E-state index >= 15 is 0 Å². The van der Waals surface area contributed by atoms with Crippen molar-refractivity contribution in [1.29, 1.82) is 0 Å². The summed E-state index contributed by atoms with van der Waals surface area (Å²) in [4.78, 5) is 27.0. The first-order valence-corrected chi connectivity index (χ1v) is 14.0. The molecular weight excluding hydrogens is 510 g/mol. The van der Waals surface area contributed by atoms with Gasteiger partial charge in [-0.2, -0.15) is 0 Å². The van der Waals surface area contributed by atoms with Gasteiger partial charge in [-0.1, -0.05) is 60.1 Å². The quantitative estimate of drug-likeness (QED) is 0.322. The average Bonchev–Trinajstić information content (AvgIpc) is 3.35. The van der Waals surface area contributed by atoms with Gasteiger partial charge in [-0.15, -0.1) is 0 Å². The summed E-state index contributed by atoms with van der Waals surface area (Å²) in [5.41, 5.74) is 4.68. The van der Waals surface area contributed by atoms with Crippen molar-refractivity contribution in [3.8, 4) is 11.1 Å². The van der Waals surface area contributed by atoms with Crippen molar-refractivity contribution in [3.05, 3.63) is 94.5 Å². The molecule has 3 aromatic rings. The molecule has 2 N–H and O–H groups in total. The second kappa shape index (κ2) is 13.1. The molecule has 1 aliphatic heterocycles. The van der Waals surface area contributed by atoms with Gasteiger partial charge in [0.15, 0.2) is 0 Å². The number of rotatable bonds is 9. The van der Waals surface area contributed by atoms with Gasteiger partial charge in [0.05, 0.1) is 0 Å². The molecule has 6 nitrogen and oxygen atoms in total. The predicted molar refractivity (Wildman–Crippen MR) is 157 cm³/mol. The largest absolute Gasteiger partial charge is 0.444 e. The molecule has 0 aromatic heterocycles. The molecule has 1 saturated heterocycles. The Hall–Kier alpha value is -3.35. The lowest BCUT2D eigenvalue weighted by Gasteiger charge is -2.26. The van der Waals surface area contributed by atoms with E-state index < -0.39 is 5.60 Å². The van der Waals surface area contributed by atoms with Gasteiger partial charge in [0.25, 0.3) is 5.91 Å². The topological polar surface area (TPSA) is 70.7 Å². The summed E-state index contributed by atoms with van der Waals surface area (Å²) in [6.45, 7) is 8.65. The average molecular weight is 548 g/mol. The van der Waals surface area contributed by atoms with Gasteiger partial charge in [-0.3, -0.25) is 9.69 Å². The molecule has 0 aliphatic carbocycles. The fourth-order valence-corrected chi connectivity index (χ4v) is 4.90. The Morgan fingerprint density at radius 3 is 2.15 bits per heavy atom. The molecule has 7 heteroatoms. The minimum atomic E-state index is -0.492. The molecule has 0 spiro atoms. The lowest BCUT2D eigenvalue weighted by atomic mass is 10.0. The zero-order valence-corrected chi connectivity index (χ0v) is 23.8. The molecule has 1 fully saturated rings. The number of halogens is 1. The third kappa shape index (κ3) is 8.84. The number of nitrogens with one attached hydrogen (secondary N) is 2. The third-order valence-electron chi connectivity index (χ3n) is 6.81. The fourth-order valence-electron chi connectivity index (χ4n) is 4.77. The van der Waals surface area contributed by atoms with Crippen molar-refractivity contribution in [1.82, 2.24) is 15.5 Å². The van der Waals surface area contributed by atoms with Crippen LogP contribution in [0.5, 0.6) is 0 Å². The van der Waals surface area contributed by atoms with Crippen molar-refractivity contribution >= 4 is 23.6 Å². The van der Waals surface area contributed by atoms with Crippen molar-refractivity contribution in [3.63, 3.8) is 0 Å². The Morgan fingerprint density at radius 1 is 0.897 bits per heavy atom. The highest BCUT2D eigenvalue weighted by molar-refractivity contribution is 6.30. The summed E-state index contributed by atoms with van der Waals surface area (Å²) in [7, 11) is 0. The SMILES string of the molecule is CC(C)(C)OC(=O)NCC1CCCN1Cc1ccc(CCNC(=O)c2ccc(-c3ccc(Cl)cc3)cc2)cc1. The molecule has 206 valence electrons. The summed E-state index contributed by atoms with van der Waals surface area (Å²) < 4.78 is 5.36. The van der Waals surface area contributed by atoms with E-state index in [9.17, 15) is 9.59 Å². The summed E-state index contributed by atoms with van der Waals surface area (Å²) in [6.07, 6.45) is 2.60. The van der Waals surface area contributed by atoms with E-state index in [4.69, 9.17) is 16.3 Å². The Labute approximate surface area is 236 Å². The number of carbonyl (C=O) groups is 2. The highest BCUT2D eigenvalue weighted by Crippen LogP contribution is 2.22. The molecule has 1 heterocycles. The van der Waals surface area contributed by atoms with Crippen molar-refractivity contribution in [2.45, 2.75) is 58.2 Å². The first-order valence-electron chi connectivity index (χ1n) is 13.6. The molecule has 0 bridgehead atoms. The number of ether oxygens (including phenoxy) is 1. The summed E-state index contributed by atoms with van der Waals surface area (Å²) in [5, 5.41) is 6.64. The first-order chi connectivity index (χ1) is 18.7. The predicted octanol–water partition coefficient (Wildman–Crippen LogP) is 6.47. The first kappa shape index (κ1) is 28.7. The number of hydrogen-bond donors (Lipinski definition) is 2. The van der Waals surface area contributed by atoms with E-state index in [1.807, 2.05) is 69.3 Å². The molecule has 39 heavy (non-hydrogen) atoms. The van der Waals surface area contributed by atoms with E-state index in [1.165, 1.54) is 11.1 Å². The molecule has 1 aliphatic rings. The summed E-state index contributed by atoms with van der Waals surface area (Å²) in [6, 6.07) is 24.2. The van der Waals surface area contributed by atoms with Crippen LogP contribution in [0.2, 0.25) is 5.02 Å². The maximum Gasteiger partial charge on any atom is 0.407 e. The summed E-state index contributed by atoms with van der Waals surface area (Å²) in [5.74, 6) is -0.0747. The maximum absolute atomic E-state index is 12.6. The number of alkyl carbamates (subject to hydrolysis) is 1.